The van der Waals surface area contributed by atoms with Gasteiger partial charge in [-0.1, -0.05) is 0 Å². The number of pyridine rings is 1. The molecule has 2 N–H and O–H groups in total. The predicted octanol–water partition coefficient (Wildman–Crippen LogP) is 0.361. The Morgan fingerprint density at radius 2 is 2.05 bits per heavy atom. The van der Waals surface area contributed by atoms with Crippen LogP contribution in [0.4, 0.5) is 5.82 Å². The van der Waals surface area contributed by atoms with Crippen molar-refractivity contribution in [1.29, 1.82) is 0 Å². The van der Waals surface area contributed by atoms with Crippen LogP contribution in [-0.4, -0.2) is 48.4 Å². The van der Waals surface area contributed by atoms with Gasteiger partial charge < -0.3 is 10.4 Å². The number of hydrogen-bond acceptors (Lipinski definition) is 5. The topological polar surface area (TPSA) is 99.6 Å². The lowest BCUT2D eigenvalue weighted by molar-refractivity contribution is -0.138. The maximum Gasteiger partial charge on any atom is 0.329 e. The van der Waals surface area contributed by atoms with E-state index in [0.29, 0.717) is 18.7 Å². The first-order valence-corrected chi connectivity index (χ1v) is 7.12. The summed E-state index contributed by atoms with van der Waals surface area (Å²) < 4.78 is 24.7. The molecule has 104 valence electrons. The van der Waals surface area contributed by atoms with E-state index in [0.717, 1.165) is 4.31 Å². The Bertz CT molecular complexity index is 591. The molecule has 19 heavy (non-hydrogen) atoms. The normalized spacial score (nSPS) is 17.2. The fraction of sp³-hybridized carbons (Fsp3) is 0.455. The first kappa shape index (κ1) is 13.8. The average Bonchev–Trinajstić information content (AvgIpc) is 3.10. The van der Waals surface area contributed by atoms with Gasteiger partial charge in [-0.05, 0) is 25.0 Å². The number of anilines is 1. The second kappa shape index (κ2) is 4.46. The molecule has 1 aromatic heterocycles. The number of carboxylic acid groups (broad SMARTS) is 1. The summed E-state index contributed by atoms with van der Waals surface area (Å²) in [6.07, 6.45) is 2.30. The Kier molecular flexibility index (Phi) is 3.23. The molecule has 1 heterocycles. The van der Waals surface area contributed by atoms with E-state index in [4.69, 9.17) is 5.11 Å². The number of carbonyl (C=O) groups is 1. The number of aromatic nitrogens is 1. The molecule has 0 spiro atoms. The fourth-order valence-electron chi connectivity index (χ4n) is 1.58. The van der Waals surface area contributed by atoms with Crippen molar-refractivity contribution in [1.82, 2.24) is 9.29 Å². The Morgan fingerprint density at radius 3 is 2.42 bits per heavy atom. The molecule has 0 unspecified atom stereocenters. The van der Waals surface area contributed by atoms with Gasteiger partial charge in [0.1, 0.15) is 16.3 Å². The molecule has 0 aromatic carbocycles. The van der Waals surface area contributed by atoms with E-state index < -0.39 is 21.5 Å². The van der Waals surface area contributed by atoms with Crippen molar-refractivity contribution in [2.75, 3.05) is 19.4 Å². The third-order valence-electron chi connectivity index (χ3n) is 3.04. The van der Waals surface area contributed by atoms with E-state index in [1.807, 2.05) is 0 Å². The molecular formula is C11H15N3O4S. The third kappa shape index (κ3) is 2.54. The monoisotopic (exact) mass is 285 g/mol. The predicted molar refractivity (Wildman–Crippen MR) is 68.3 cm³/mol. The summed E-state index contributed by atoms with van der Waals surface area (Å²) >= 11 is 0. The molecule has 0 atom stereocenters. The van der Waals surface area contributed by atoms with Crippen LogP contribution in [0.2, 0.25) is 0 Å². The van der Waals surface area contributed by atoms with Gasteiger partial charge in [-0.3, -0.25) is 0 Å². The van der Waals surface area contributed by atoms with E-state index in [1.165, 1.54) is 32.4 Å². The zero-order valence-corrected chi connectivity index (χ0v) is 11.4. The van der Waals surface area contributed by atoms with Gasteiger partial charge in [0.2, 0.25) is 10.0 Å². The Morgan fingerprint density at radius 1 is 1.42 bits per heavy atom. The van der Waals surface area contributed by atoms with Crippen molar-refractivity contribution in [3.63, 3.8) is 0 Å². The van der Waals surface area contributed by atoms with Gasteiger partial charge in [0.05, 0.1) is 0 Å². The number of rotatable bonds is 5. The van der Waals surface area contributed by atoms with Gasteiger partial charge in [0.25, 0.3) is 0 Å². The first-order chi connectivity index (χ1) is 8.78. The molecule has 1 saturated carbocycles. The van der Waals surface area contributed by atoms with Gasteiger partial charge >= 0.3 is 5.97 Å². The lowest BCUT2D eigenvalue weighted by atomic mass is 10.3. The van der Waals surface area contributed by atoms with E-state index in [2.05, 4.69) is 10.3 Å². The van der Waals surface area contributed by atoms with Crippen LogP contribution in [0.3, 0.4) is 0 Å². The Hall–Kier alpha value is -1.67. The van der Waals surface area contributed by atoms with E-state index in [-0.39, 0.29) is 4.90 Å². The van der Waals surface area contributed by atoms with E-state index in [1.54, 1.807) is 0 Å². The van der Waals surface area contributed by atoms with Crippen LogP contribution in [-0.2, 0) is 14.8 Å². The van der Waals surface area contributed by atoms with Crippen molar-refractivity contribution in [3.05, 3.63) is 18.3 Å². The van der Waals surface area contributed by atoms with Crippen LogP contribution in [0.1, 0.15) is 12.8 Å². The lowest BCUT2D eigenvalue weighted by Gasteiger charge is -2.14. The summed E-state index contributed by atoms with van der Waals surface area (Å²) in [7, 11) is -0.640. The van der Waals surface area contributed by atoms with Crippen molar-refractivity contribution in [2.45, 2.75) is 23.3 Å². The molecule has 1 aromatic rings. The molecule has 1 fully saturated rings. The number of aliphatic carboxylic acids is 1. The number of nitrogens with zero attached hydrogens (tertiary/aromatic N) is 2. The zero-order chi connectivity index (χ0) is 14.3. The highest BCUT2D eigenvalue weighted by Gasteiger charge is 2.50. The summed E-state index contributed by atoms with van der Waals surface area (Å²) in [5.41, 5.74) is -0.936. The number of carboxylic acids is 1. The molecule has 0 aliphatic heterocycles. The highest BCUT2D eigenvalue weighted by Crippen LogP contribution is 2.38. The maximum atomic E-state index is 11.8. The summed E-state index contributed by atoms with van der Waals surface area (Å²) in [5.74, 6) is -0.558. The lowest BCUT2D eigenvalue weighted by Crippen LogP contribution is -2.31. The Balaban J connectivity index is 2.18. The molecule has 0 bridgehead atoms. The van der Waals surface area contributed by atoms with Gasteiger partial charge in [-0.15, -0.1) is 0 Å². The molecule has 8 heteroatoms. The van der Waals surface area contributed by atoms with Gasteiger partial charge in [-0.25, -0.2) is 22.5 Å². The van der Waals surface area contributed by atoms with E-state index >= 15 is 0 Å². The van der Waals surface area contributed by atoms with Gasteiger partial charge in [0.15, 0.2) is 0 Å². The summed E-state index contributed by atoms with van der Waals surface area (Å²) in [5, 5.41) is 11.8. The average molecular weight is 285 g/mol. The quantitative estimate of drug-likeness (QED) is 0.810. The minimum atomic E-state index is -3.51. The van der Waals surface area contributed by atoms with Crippen LogP contribution < -0.4 is 5.32 Å². The summed E-state index contributed by atoms with van der Waals surface area (Å²) in [6, 6.07) is 2.88. The Labute approximate surface area is 111 Å². The van der Waals surface area contributed by atoms with Crippen LogP contribution in [0.5, 0.6) is 0 Å². The van der Waals surface area contributed by atoms with Crippen molar-refractivity contribution in [3.8, 4) is 0 Å². The molecule has 1 aliphatic carbocycles. The zero-order valence-electron chi connectivity index (χ0n) is 10.6. The van der Waals surface area contributed by atoms with E-state index in [9.17, 15) is 13.2 Å². The summed E-state index contributed by atoms with van der Waals surface area (Å²) in [4.78, 5) is 15.0. The van der Waals surface area contributed by atoms with Crippen molar-refractivity contribution >= 4 is 21.8 Å². The van der Waals surface area contributed by atoms with Crippen LogP contribution in [0.15, 0.2) is 23.2 Å². The maximum absolute atomic E-state index is 11.8. The standard InChI is InChI=1S/C11H15N3O4S/c1-14(2)19(17,18)8-3-4-9(12-7-8)13-11(5-6-11)10(15)16/h3-4,7H,5-6H2,1-2H3,(H,12,13)(H,15,16). The first-order valence-electron chi connectivity index (χ1n) is 5.68. The minimum absolute atomic E-state index is 0.0724. The second-order valence-electron chi connectivity index (χ2n) is 4.68. The molecule has 0 saturated heterocycles. The van der Waals surface area contributed by atoms with Gasteiger partial charge in [0, 0.05) is 20.3 Å². The highest BCUT2D eigenvalue weighted by atomic mass is 32.2. The second-order valence-corrected chi connectivity index (χ2v) is 6.83. The molecule has 0 radical (unpaired) electrons. The summed E-state index contributed by atoms with van der Waals surface area (Å²) in [6.45, 7) is 0. The molecule has 2 rings (SSSR count). The van der Waals surface area contributed by atoms with Crippen LogP contribution >= 0.6 is 0 Å². The molecule has 0 amide bonds. The molecular weight excluding hydrogens is 270 g/mol. The third-order valence-corrected chi connectivity index (χ3v) is 4.84. The fourth-order valence-corrected chi connectivity index (χ4v) is 2.43. The largest absolute Gasteiger partial charge is 0.480 e. The van der Waals surface area contributed by atoms with Crippen LogP contribution in [0, 0.1) is 0 Å². The highest BCUT2D eigenvalue weighted by molar-refractivity contribution is 7.89. The van der Waals surface area contributed by atoms with Crippen LogP contribution in [0.25, 0.3) is 0 Å². The SMILES string of the molecule is CN(C)S(=O)(=O)c1ccc(NC2(C(=O)O)CC2)nc1. The van der Waals surface area contributed by atoms with Crippen molar-refractivity contribution in [2.24, 2.45) is 0 Å². The van der Waals surface area contributed by atoms with Crippen molar-refractivity contribution < 1.29 is 18.3 Å². The number of sulfonamides is 1. The number of hydrogen-bond donors (Lipinski definition) is 2. The molecule has 1 aliphatic rings. The molecule has 7 nitrogen and oxygen atoms in total. The minimum Gasteiger partial charge on any atom is -0.480 e. The van der Waals surface area contributed by atoms with Gasteiger partial charge in [-0.2, -0.15) is 0 Å². The smallest absolute Gasteiger partial charge is 0.329 e. The number of nitrogens with one attached hydrogen (secondary N) is 1.